The number of fused-ring (bicyclic) bond motifs is 1. The lowest BCUT2D eigenvalue weighted by Crippen LogP contribution is -2.26. The van der Waals surface area contributed by atoms with Crippen LogP contribution in [-0.4, -0.2) is 56.8 Å². The van der Waals surface area contributed by atoms with Crippen molar-refractivity contribution in [1.82, 2.24) is 24.5 Å². The largest absolute Gasteiger partial charge is 0.478 e. The Kier molecular flexibility index (Phi) is 8.19. The molecule has 3 aromatic heterocycles. The highest BCUT2D eigenvalue weighted by Gasteiger charge is 2.15. The number of aromatic nitrogens is 5. The monoisotopic (exact) mass is 459 g/mol. The van der Waals surface area contributed by atoms with E-state index in [0.29, 0.717) is 36.7 Å². The summed E-state index contributed by atoms with van der Waals surface area (Å²) in [6.45, 7) is 3.05. The Balaban J connectivity index is 1.65. The zero-order valence-electron chi connectivity index (χ0n) is 18.7. The van der Waals surface area contributed by atoms with Crippen molar-refractivity contribution in [2.24, 2.45) is 5.73 Å². The van der Waals surface area contributed by atoms with Crippen LogP contribution in [0.15, 0.2) is 23.1 Å². The Morgan fingerprint density at radius 1 is 1.24 bits per heavy atom. The van der Waals surface area contributed by atoms with Crippen molar-refractivity contribution in [2.75, 3.05) is 26.1 Å². The van der Waals surface area contributed by atoms with Crippen LogP contribution in [0.2, 0.25) is 0 Å². The number of nitrogens with two attached hydrogens (primary N) is 2. The molecule has 33 heavy (non-hydrogen) atoms. The summed E-state index contributed by atoms with van der Waals surface area (Å²) in [6, 6.07) is 3.28. The van der Waals surface area contributed by atoms with Crippen LogP contribution in [0.1, 0.15) is 38.2 Å². The van der Waals surface area contributed by atoms with Gasteiger partial charge in [-0.05, 0) is 18.4 Å². The molecule has 0 saturated carbocycles. The molecule has 3 rings (SSSR count). The van der Waals surface area contributed by atoms with Crippen molar-refractivity contribution in [3.05, 3.63) is 34.4 Å². The maximum Gasteiger partial charge on any atom is 0.328 e. The van der Waals surface area contributed by atoms with E-state index >= 15 is 0 Å². The lowest BCUT2D eigenvalue weighted by atomic mass is 10.1. The van der Waals surface area contributed by atoms with Gasteiger partial charge < -0.3 is 30.7 Å². The summed E-state index contributed by atoms with van der Waals surface area (Å²) >= 11 is 0. The summed E-state index contributed by atoms with van der Waals surface area (Å²) in [5.74, 6) is 0.201. The number of imidazole rings is 1. The number of nitrogens with one attached hydrogen (secondary N) is 1. The van der Waals surface area contributed by atoms with Gasteiger partial charge in [0.2, 0.25) is 5.88 Å². The molecule has 0 aliphatic rings. The van der Waals surface area contributed by atoms with Gasteiger partial charge in [-0.2, -0.15) is 9.97 Å². The number of nitrogens with zero attached hydrogens (tertiary/aromatic N) is 4. The number of hydrogen-bond donors (Lipinski definition) is 3. The van der Waals surface area contributed by atoms with Crippen LogP contribution in [0.5, 0.6) is 11.9 Å². The SMILES string of the molecule is CCCCOc1nc(N)c2[nH]c(=O)n(Cc3ccc(OCCC(N)CC(=O)OC)nc3)c2n1. The van der Waals surface area contributed by atoms with Gasteiger partial charge in [-0.3, -0.25) is 9.36 Å². The van der Waals surface area contributed by atoms with Gasteiger partial charge in [0.25, 0.3) is 0 Å². The fourth-order valence-electron chi connectivity index (χ4n) is 3.04. The number of nitrogen functional groups attached to an aromatic ring is 1. The van der Waals surface area contributed by atoms with Crippen molar-refractivity contribution in [3.63, 3.8) is 0 Å². The lowest BCUT2D eigenvalue weighted by molar-refractivity contribution is -0.141. The average Bonchev–Trinajstić information content (AvgIpc) is 3.11. The van der Waals surface area contributed by atoms with E-state index < -0.39 is 0 Å². The Morgan fingerprint density at radius 2 is 2.06 bits per heavy atom. The molecular weight excluding hydrogens is 430 g/mol. The molecule has 5 N–H and O–H groups in total. The van der Waals surface area contributed by atoms with Crippen molar-refractivity contribution in [1.29, 1.82) is 0 Å². The molecule has 1 atom stereocenters. The van der Waals surface area contributed by atoms with Crippen molar-refractivity contribution < 1.29 is 19.0 Å². The average molecular weight is 460 g/mol. The number of aromatic amines is 1. The quantitative estimate of drug-likeness (QED) is 0.262. The van der Waals surface area contributed by atoms with Crippen LogP contribution in [0.4, 0.5) is 5.82 Å². The third-order valence-corrected chi connectivity index (χ3v) is 4.89. The summed E-state index contributed by atoms with van der Waals surface area (Å²) < 4.78 is 17.2. The van der Waals surface area contributed by atoms with Crippen LogP contribution in [0.25, 0.3) is 11.2 Å². The molecule has 0 bridgehead atoms. The summed E-state index contributed by atoms with van der Waals surface area (Å²) in [7, 11) is 1.32. The third-order valence-electron chi connectivity index (χ3n) is 4.89. The molecule has 0 aliphatic carbocycles. The molecule has 3 heterocycles. The second kappa shape index (κ2) is 11.3. The minimum absolute atomic E-state index is 0.130. The number of pyridine rings is 1. The fraction of sp³-hybridized carbons (Fsp3) is 0.476. The van der Waals surface area contributed by atoms with Gasteiger partial charge in [0.15, 0.2) is 11.5 Å². The van der Waals surface area contributed by atoms with Crippen LogP contribution in [0.3, 0.4) is 0 Å². The molecule has 0 aliphatic heterocycles. The molecule has 1 unspecified atom stereocenters. The van der Waals surface area contributed by atoms with Crippen LogP contribution in [0, 0.1) is 0 Å². The van der Waals surface area contributed by atoms with Gasteiger partial charge in [0.05, 0.1) is 33.3 Å². The molecule has 12 nitrogen and oxygen atoms in total. The van der Waals surface area contributed by atoms with Gasteiger partial charge >= 0.3 is 17.7 Å². The summed E-state index contributed by atoms with van der Waals surface area (Å²) in [5.41, 5.74) is 13.0. The molecular formula is C21H29N7O5. The molecule has 3 aromatic rings. The van der Waals surface area contributed by atoms with Crippen molar-refractivity contribution >= 4 is 23.0 Å². The van der Waals surface area contributed by atoms with E-state index in [2.05, 4.69) is 31.6 Å². The lowest BCUT2D eigenvalue weighted by Gasteiger charge is -2.11. The number of carbonyl (C=O) groups excluding carboxylic acids is 1. The topological polar surface area (TPSA) is 173 Å². The summed E-state index contributed by atoms with van der Waals surface area (Å²) in [6.07, 6.45) is 4.05. The normalized spacial score (nSPS) is 12.0. The summed E-state index contributed by atoms with van der Waals surface area (Å²) in [5, 5.41) is 0. The van der Waals surface area contributed by atoms with E-state index in [0.717, 1.165) is 18.4 Å². The smallest absolute Gasteiger partial charge is 0.328 e. The highest BCUT2D eigenvalue weighted by Crippen LogP contribution is 2.19. The second-order valence-corrected chi connectivity index (χ2v) is 7.49. The zero-order valence-corrected chi connectivity index (χ0v) is 18.7. The van der Waals surface area contributed by atoms with Crippen molar-refractivity contribution in [2.45, 2.75) is 45.2 Å². The number of unbranched alkanes of at least 4 members (excludes halogenated alkanes) is 1. The predicted molar refractivity (Wildman–Crippen MR) is 121 cm³/mol. The molecule has 178 valence electrons. The highest BCUT2D eigenvalue weighted by molar-refractivity contribution is 5.81. The fourth-order valence-corrected chi connectivity index (χ4v) is 3.04. The third kappa shape index (κ3) is 6.42. The number of H-pyrrole nitrogens is 1. The number of methoxy groups -OCH3 is 1. The van der Waals surface area contributed by atoms with E-state index in [9.17, 15) is 9.59 Å². The van der Waals surface area contributed by atoms with Crippen LogP contribution in [-0.2, 0) is 16.1 Å². The molecule has 0 spiro atoms. The second-order valence-electron chi connectivity index (χ2n) is 7.49. The minimum atomic E-state index is -0.364. The summed E-state index contributed by atoms with van der Waals surface area (Å²) in [4.78, 5) is 39.1. The van der Waals surface area contributed by atoms with E-state index in [1.54, 1.807) is 18.3 Å². The number of esters is 1. The Bertz CT molecular complexity index is 1130. The molecule has 0 aromatic carbocycles. The highest BCUT2D eigenvalue weighted by atomic mass is 16.5. The molecule has 0 saturated heterocycles. The number of carbonyl (C=O) groups is 1. The maximum atomic E-state index is 12.5. The van der Waals surface area contributed by atoms with Crippen molar-refractivity contribution in [3.8, 4) is 11.9 Å². The maximum absolute atomic E-state index is 12.5. The number of anilines is 1. The van der Waals surface area contributed by atoms with E-state index in [4.69, 9.17) is 20.9 Å². The Hall–Kier alpha value is -3.67. The number of ether oxygens (including phenoxy) is 3. The Labute approximate surface area is 190 Å². The van der Waals surface area contributed by atoms with Crippen LogP contribution < -0.4 is 26.6 Å². The van der Waals surface area contributed by atoms with Gasteiger partial charge in [-0.25, -0.2) is 9.78 Å². The molecule has 0 radical (unpaired) electrons. The van der Waals surface area contributed by atoms with Gasteiger partial charge in [-0.15, -0.1) is 0 Å². The van der Waals surface area contributed by atoms with E-state index in [1.807, 2.05) is 0 Å². The molecule has 12 heteroatoms. The Morgan fingerprint density at radius 3 is 2.76 bits per heavy atom. The number of hydrogen-bond acceptors (Lipinski definition) is 10. The first-order chi connectivity index (χ1) is 15.9. The first kappa shape index (κ1) is 24.0. The molecule has 0 amide bonds. The van der Waals surface area contributed by atoms with E-state index in [-0.39, 0.29) is 42.5 Å². The van der Waals surface area contributed by atoms with E-state index in [1.165, 1.54) is 11.7 Å². The minimum Gasteiger partial charge on any atom is -0.478 e. The first-order valence-corrected chi connectivity index (χ1v) is 10.7. The van der Waals surface area contributed by atoms with Crippen LogP contribution >= 0.6 is 0 Å². The first-order valence-electron chi connectivity index (χ1n) is 10.7. The van der Waals surface area contributed by atoms with Gasteiger partial charge in [0.1, 0.15) is 5.52 Å². The zero-order chi connectivity index (χ0) is 23.8. The molecule has 0 fully saturated rings. The number of rotatable bonds is 12. The standard InChI is InChI=1S/C21H29N7O5/c1-3-4-8-33-20-26-18(23)17-19(27-20)28(21(30)25-17)12-13-5-6-15(24-11-13)32-9-7-14(22)10-16(29)31-2/h5-6,11,14H,3-4,7-10,12,22H2,1-2H3,(H,25,30)(H2,23,26,27). The predicted octanol–water partition coefficient (Wildman–Crippen LogP) is 0.983. The van der Waals surface area contributed by atoms with Gasteiger partial charge in [0, 0.05) is 18.3 Å². The van der Waals surface area contributed by atoms with Gasteiger partial charge in [-0.1, -0.05) is 19.4 Å².